The third kappa shape index (κ3) is 4.34. The van der Waals surface area contributed by atoms with E-state index >= 15 is 0 Å². The molecule has 151 valence electrons. The molecule has 0 aliphatic carbocycles. The van der Waals surface area contributed by atoms with Crippen molar-refractivity contribution in [2.24, 2.45) is 0 Å². The van der Waals surface area contributed by atoms with E-state index in [1.807, 2.05) is 0 Å². The average Bonchev–Trinajstić information content (AvgIpc) is 2.98. The van der Waals surface area contributed by atoms with E-state index in [-0.39, 0.29) is 17.0 Å². The summed E-state index contributed by atoms with van der Waals surface area (Å²) >= 11 is 0. The molecule has 0 saturated heterocycles. The molecule has 0 saturated carbocycles. The average molecular weight is 421 g/mol. The van der Waals surface area contributed by atoms with Crippen LogP contribution in [0.3, 0.4) is 0 Å². The maximum atomic E-state index is 13.6. The quantitative estimate of drug-likeness (QED) is 0.466. The number of nitrogens with one attached hydrogen (secondary N) is 1. The number of hydrogen-bond donors (Lipinski definition) is 2. The number of thiol groups is 1. The summed E-state index contributed by atoms with van der Waals surface area (Å²) in [6, 6.07) is 11.6. The molecule has 1 heterocycles. The van der Waals surface area contributed by atoms with Crippen LogP contribution in [0.5, 0.6) is 0 Å². The van der Waals surface area contributed by atoms with Crippen LogP contribution < -0.4 is 5.32 Å². The normalized spacial score (nSPS) is 11.6. The van der Waals surface area contributed by atoms with Crippen LogP contribution in [0.4, 0.5) is 18.9 Å². The van der Waals surface area contributed by atoms with Crippen molar-refractivity contribution in [3.63, 3.8) is 0 Å². The topological polar surface area (TPSA) is 68.2 Å². The predicted molar refractivity (Wildman–Crippen MR) is 104 cm³/mol. The van der Waals surface area contributed by atoms with E-state index in [9.17, 15) is 26.4 Å². The fourth-order valence-electron chi connectivity index (χ4n) is 3.16. The van der Waals surface area contributed by atoms with Crippen LogP contribution in [0.2, 0.25) is 0 Å². The van der Waals surface area contributed by atoms with Crippen LogP contribution in [0, 0.1) is 6.92 Å². The second-order valence-corrected chi connectivity index (χ2v) is 7.30. The van der Waals surface area contributed by atoms with Gasteiger partial charge in [-0.15, -0.1) is 0 Å². The minimum absolute atomic E-state index is 0.0387. The highest BCUT2D eigenvalue weighted by Crippen LogP contribution is 2.41. The van der Waals surface area contributed by atoms with Crippen molar-refractivity contribution in [3.8, 4) is 16.9 Å². The van der Waals surface area contributed by atoms with E-state index in [1.54, 1.807) is 37.6 Å². The summed E-state index contributed by atoms with van der Waals surface area (Å²) in [5.41, 5.74) is 1.26. The number of benzene rings is 2. The Bertz CT molecular complexity index is 1110. The van der Waals surface area contributed by atoms with Crippen molar-refractivity contribution in [3.05, 3.63) is 71.4 Å². The zero-order chi connectivity index (χ0) is 21.2. The van der Waals surface area contributed by atoms with Crippen molar-refractivity contribution in [2.75, 3.05) is 5.32 Å². The SMILES string of the molecule is Cc1c(N[C]=O)cn(-c2ccc(C[SH](=O)=O)cc2)c1-c1ccccc1C(F)(F)F. The third-order valence-electron chi connectivity index (χ3n) is 4.46. The first kappa shape index (κ1) is 20.7. The van der Waals surface area contributed by atoms with Gasteiger partial charge in [-0.25, -0.2) is 8.42 Å². The van der Waals surface area contributed by atoms with Crippen molar-refractivity contribution in [1.82, 2.24) is 4.57 Å². The van der Waals surface area contributed by atoms with Gasteiger partial charge >= 0.3 is 12.6 Å². The largest absolute Gasteiger partial charge is 0.417 e. The van der Waals surface area contributed by atoms with Gasteiger partial charge in [0.2, 0.25) is 0 Å². The fourth-order valence-corrected chi connectivity index (χ4v) is 3.67. The number of rotatable bonds is 6. The van der Waals surface area contributed by atoms with E-state index in [0.29, 0.717) is 22.5 Å². The second kappa shape index (κ2) is 8.12. The number of carbonyl (C=O) groups excluding carboxylic acids is 1. The predicted octanol–water partition coefficient (Wildman–Crippen LogP) is 4.06. The Morgan fingerprint density at radius 2 is 1.72 bits per heavy atom. The van der Waals surface area contributed by atoms with E-state index in [0.717, 1.165) is 6.07 Å². The molecule has 0 spiro atoms. The van der Waals surface area contributed by atoms with Crippen LogP contribution >= 0.6 is 0 Å². The van der Waals surface area contributed by atoms with E-state index in [4.69, 9.17) is 0 Å². The monoisotopic (exact) mass is 421 g/mol. The molecule has 1 amide bonds. The smallest absolute Gasteiger partial charge is 0.316 e. The lowest BCUT2D eigenvalue weighted by atomic mass is 10.0. The molecule has 2 aromatic carbocycles. The standard InChI is InChI=1S/C20H16F3N2O3S/c1-13-18(24-12-26)10-25(15-8-6-14(7-9-15)11-29(27)28)19(13)16-4-2-3-5-17(16)20(21,22)23/h2-10,29H,11H2,1H3,(H,24,26). The number of alkyl halides is 3. The Labute approximate surface area is 166 Å². The maximum Gasteiger partial charge on any atom is 0.417 e. The number of amides is 1. The molecule has 0 aliphatic rings. The molecule has 9 heteroatoms. The van der Waals surface area contributed by atoms with Gasteiger partial charge in [-0.3, -0.25) is 4.79 Å². The summed E-state index contributed by atoms with van der Waals surface area (Å²) in [5, 5.41) is 2.38. The van der Waals surface area contributed by atoms with Crippen LogP contribution in [0.15, 0.2) is 54.7 Å². The van der Waals surface area contributed by atoms with Crippen molar-refractivity contribution in [2.45, 2.75) is 18.9 Å². The highest BCUT2D eigenvalue weighted by Gasteiger charge is 2.34. The Hall–Kier alpha value is -3.07. The molecular formula is C20H16F3N2O3S. The van der Waals surface area contributed by atoms with Crippen LogP contribution in [-0.2, 0) is 27.4 Å². The molecule has 1 aromatic heterocycles. The summed E-state index contributed by atoms with van der Waals surface area (Å²) < 4.78 is 64.1. The molecular weight excluding hydrogens is 405 g/mol. The highest BCUT2D eigenvalue weighted by molar-refractivity contribution is 7.71. The Balaban J connectivity index is 2.22. The van der Waals surface area contributed by atoms with Crippen molar-refractivity contribution in [1.29, 1.82) is 0 Å². The van der Waals surface area contributed by atoms with Gasteiger partial charge in [0, 0.05) is 17.4 Å². The second-order valence-electron chi connectivity index (χ2n) is 6.31. The van der Waals surface area contributed by atoms with E-state index < -0.39 is 22.4 Å². The first-order valence-electron chi connectivity index (χ1n) is 8.45. The Morgan fingerprint density at radius 3 is 2.31 bits per heavy atom. The molecule has 0 unspecified atom stereocenters. The minimum atomic E-state index is -4.56. The minimum Gasteiger partial charge on any atom is -0.316 e. The lowest BCUT2D eigenvalue weighted by molar-refractivity contribution is -0.137. The molecule has 5 nitrogen and oxygen atoms in total. The van der Waals surface area contributed by atoms with E-state index in [1.165, 1.54) is 29.0 Å². The van der Waals surface area contributed by atoms with Gasteiger partial charge in [0.05, 0.1) is 22.7 Å². The molecule has 1 radical (unpaired) electrons. The van der Waals surface area contributed by atoms with Gasteiger partial charge in [0.1, 0.15) is 10.7 Å². The molecule has 3 aromatic rings. The van der Waals surface area contributed by atoms with Gasteiger partial charge in [-0.1, -0.05) is 30.3 Å². The number of aromatic nitrogens is 1. The highest BCUT2D eigenvalue weighted by atomic mass is 32.2. The third-order valence-corrected chi connectivity index (χ3v) is 5.08. The van der Waals surface area contributed by atoms with Crippen LogP contribution in [0.1, 0.15) is 16.7 Å². The lowest BCUT2D eigenvalue weighted by Gasteiger charge is -2.16. The zero-order valence-corrected chi connectivity index (χ0v) is 16.1. The first-order valence-corrected chi connectivity index (χ1v) is 9.81. The Morgan fingerprint density at radius 1 is 1.07 bits per heavy atom. The van der Waals surface area contributed by atoms with Gasteiger partial charge in [-0.05, 0) is 36.2 Å². The zero-order valence-electron chi connectivity index (χ0n) is 15.2. The number of anilines is 1. The van der Waals surface area contributed by atoms with Crippen molar-refractivity contribution < 1.29 is 26.4 Å². The van der Waals surface area contributed by atoms with Gasteiger partial charge in [-0.2, -0.15) is 13.2 Å². The molecule has 0 atom stereocenters. The number of halogens is 3. The maximum absolute atomic E-state index is 13.6. The fraction of sp³-hybridized carbons (Fsp3) is 0.150. The first-order chi connectivity index (χ1) is 13.7. The molecule has 0 aliphatic heterocycles. The number of hydrogen-bond acceptors (Lipinski definition) is 3. The van der Waals surface area contributed by atoms with Gasteiger partial charge in [0.25, 0.3) is 0 Å². The molecule has 0 fully saturated rings. The van der Waals surface area contributed by atoms with Crippen LogP contribution in [0.25, 0.3) is 16.9 Å². The molecule has 0 bridgehead atoms. The summed E-state index contributed by atoms with van der Waals surface area (Å²) in [7, 11) is -2.59. The van der Waals surface area contributed by atoms with Crippen LogP contribution in [-0.4, -0.2) is 19.4 Å². The Kier molecular flexibility index (Phi) is 5.78. The lowest BCUT2D eigenvalue weighted by Crippen LogP contribution is -2.09. The summed E-state index contributed by atoms with van der Waals surface area (Å²) in [4.78, 5) is 10.8. The summed E-state index contributed by atoms with van der Waals surface area (Å²) in [5.74, 6) is -0.128. The van der Waals surface area contributed by atoms with Crippen molar-refractivity contribution >= 4 is 22.8 Å². The number of nitrogens with zero attached hydrogens (tertiary/aromatic N) is 1. The molecule has 3 rings (SSSR count). The summed E-state index contributed by atoms with van der Waals surface area (Å²) in [6.07, 6.45) is -1.52. The molecule has 1 N–H and O–H groups in total. The van der Waals surface area contributed by atoms with Gasteiger partial charge < -0.3 is 9.88 Å². The molecule has 29 heavy (non-hydrogen) atoms. The summed E-state index contributed by atoms with van der Waals surface area (Å²) in [6.45, 7) is 1.61. The van der Waals surface area contributed by atoms with Gasteiger partial charge in [0.15, 0.2) is 0 Å². The van der Waals surface area contributed by atoms with E-state index in [2.05, 4.69) is 5.32 Å².